The molecule has 112 valence electrons. The van der Waals surface area contributed by atoms with Crippen molar-refractivity contribution in [1.82, 2.24) is 15.5 Å². The van der Waals surface area contributed by atoms with Crippen LogP contribution in [0.2, 0.25) is 0 Å². The summed E-state index contributed by atoms with van der Waals surface area (Å²) in [6.07, 6.45) is 1.96. The second-order valence-corrected chi connectivity index (χ2v) is 4.36. The van der Waals surface area contributed by atoms with Gasteiger partial charge in [0.05, 0.1) is 6.67 Å². The zero-order valence-electron chi connectivity index (χ0n) is 11.6. The second-order valence-electron chi connectivity index (χ2n) is 4.36. The Morgan fingerprint density at radius 1 is 1.53 bits per heavy atom. The molecule has 1 fully saturated rings. The molecule has 0 aromatic carbocycles. The molecule has 5 nitrogen and oxygen atoms in total. The highest BCUT2D eigenvalue weighted by Crippen LogP contribution is 2.10. The monoisotopic (exact) mass is 386 g/mol. The molecular formula is C12H24FIN4O. The van der Waals surface area contributed by atoms with Gasteiger partial charge in [0.15, 0.2) is 5.96 Å². The maximum absolute atomic E-state index is 12.0. The summed E-state index contributed by atoms with van der Waals surface area (Å²) >= 11 is 0. The Labute approximate surface area is 131 Å². The van der Waals surface area contributed by atoms with Crippen LogP contribution in [0.4, 0.5) is 4.39 Å². The van der Waals surface area contributed by atoms with Crippen molar-refractivity contribution in [3.8, 4) is 0 Å². The van der Waals surface area contributed by atoms with E-state index < -0.39 is 0 Å². The third-order valence-electron chi connectivity index (χ3n) is 3.01. The molecular weight excluding hydrogens is 362 g/mol. The Hall–Kier alpha value is -0.600. The zero-order chi connectivity index (χ0) is 13.4. The van der Waals surface area contributed by atoms with Gasteiger partial charge < -0.3 is 15.5 Å². The highest BCUT2D eigenvalue weighted by atomic mass is 127. The summed E-state index contributed by atoms with van der Waals surface area (Å²) in [5, 5.41) is 6.31. The van der Waals surface area contributed by atoms with E-state index in [0.717, 1.165) is 19.5 Å². The van der Waals surface area contributed by atoms with Crippen molar-refractivity contribution in [2.45, 2.75) is 32.2 Å². The van der Waals surface area contributed by atoms with E-state index in [1.54, 1.807) is 7.05 Å². The number of rotatable bonds is 5. The van der Waals surface area contributed by atoms with Crippen LogP contribution in [0, 0.1) is 0 Å². The van der Waals surface area contributed by atoms with E-state index in [-0.39, 0.29) is 42.6 Å². The molecule has 1 saturated heterocycles. The van der Waals surface area contributed by atoms with E-state index in [4.69, 9.17) is 0 Å². The smallest absolute Gasteiger partial charge is 0.222 e. The number of guanidine groups is 1. The molecule has 19 heavy (non-hydrogen) atoms. The minimum Gasteiger partial charge on any atom is -0.356 e. The van der Waals surface area contributed by atoms with Crippen molar-refractivity contribution in [2.24, 2.45) is 4.99 Å². The number of nitrogens with zero attached hydrogens (tertiary/aromatic N) is 2. The molecule has 1 amide bonds. The molecule has 0 aromatic heterocycles. The number of alkyl halides is 1. The average molecular weight is 386 g/mol. The summed E-state index contributed by atoms with van der Waals surface area (Å²) in [5.74, 6) is 0.874. The van der Waals surface area contributed by atoms with Crippen molar-refractivity contribution in [3.63, 3.8) is 0 Å². The van der Waals surface area contributed by atoms with Crippen LogP contribution in [-0.2, 0) is 4.79 Å². The summed E-state index contributed by atoms with van der Waals surface area (Å²) in [6, 6.07) is 0.233. The van der Waals surface area contributed by atoms with Crippen molar-refractivity contribution in [2.75, 3.05) is 33.4 Å². The molecule has 0 spiro atoms. The van der Waals surface area contributed by atoms with E-state index in [9.17, 15) is 9.18 Å². The number of halogens is 2. The zero-order valence-corrected chi connectivity index (χ0v) is 13.9. The number of hydrogen-bond acceptors (Lipinski definition) is 2. The fraction of sp³-hybridized carbons (Fsp3) is 0.833. The molecule has 2 N–H and O–H groups in total. The van der Waals surface area contributed by atoms with E-state index in [1.165, 1.54) is 0 Å². The van der Waals surface area contributed by atoms with Gasteiger partial charge in [0.25, 0.3) is 0 Å². The second kappa shape index (κ2) is 10.2. The predicted molar refractivity (Wildman–Crippen MR) is 85.8 cm³/mol. The standard InChI is InChI=1S/C12H23FN4O.HI/c1-3-11(18)17-8-5-10(9-17)16-12(14-2)15-7-4-6-13;/h10H,3-9H2,1-2H3,(H2,14,15,16);1H. The largest absolute Gasteiger partial charge is 0.356 e. The number of carbonyl (C=O) groups is 1. The maximum Gasteiger partial charge on any atom is 0.222 e. The molecule has 0 aliphatic carbocycles. The lowest BCUT2D eigenvalue weighted by Gasteiger charge is -2.18. The normalized spacial score (nSPS) is 19.0. The summed E-state index contributed by atoms with van der Waals surface area (Å²) in [5.41, 5.74) is 0. The number of hydrogen-bond donors (Lipinski definition) is 2. The Balaban J connectivity index is 0.00000324. The van der Waals surface area contributed by atoms with Crippen molar-refractivity contribution < 1.29 is 9.18 Å². The minimum atomic E-state index is -0.327. The Morgan fingerprint density at radius 3 is 2.84 bits per heavy atom. The van der Waals surface area contributed by atoms with Gasteiger partial charge in [-0.2, -0.15) is 0 Å². The van der Waals surface area contributed by atoms with Crippen LogP contribution in [0.1, 0.15) is 26.2 Å². The lowest BCUT2D eigenvalue weighted by atomic mass is 10.3. The average Bonchev–Trinajstić information content (AvgIpc) is 2.85. The molecule has 0 bridgehead atoms. The summed E-state index contributed by atoms with van der Waals surface area (Å²) in [6.45, 7) is 3.63. The van der Waals surface area contributed by atoms with Crippen LogP contribution in [0.3, 0.4) is 0 Å². The fourth-order valence-electron chi connectivity index (χ4n) is 1.99. The van der Waals surface area contributed by atoms with Crippen LogP contribution in [0.5, 0.6) is 0 Å². The molecule has 1 unspecified atom stereocenters. The van der Waals surface area contributed by atoms with Crippen molar-refractivity contribution in [3.05, 3.63) is 0 Å². The van der Waals surface area contributed by atoms with Crippen LogP contribution in [-0.4, -0.2) is 56.2 Å². The van der Waals surface area contributed by atoms with Crippen LogP contribution >= 0.6 is 24.0 Å². The van der Waals surface area contributed by atoms with Gasteiger partial charge in [-0.15, -0.1) is 24.0 Å². The first-order chi connectivity index (χ1) is 8.71. The third-order valence-corrected chi connectivity index (χ3v) is 3.01. The molecule has 0 radical (unpaired) electrons. The lowest BCUT2D eigenvalue weighted by Crippen LogP contribution is -2.45. The number of carbonyl (C=O) groups excluding carboxylic acids is 1. The first kappa shape index (κ1) is 18.4. The first-order valence-corrected chi connectivity index (χ1v) is 6.52. The van der Waals surface area contributed by atoms with Gasteiger partial charge in [0.2, 0.25) is 5.91 Å². The van der Waals surface area contributed by atoms with Gasteiger partial charge in [-0.3, -0.25) is 14.2 Å². The fourth-order valence-corrected chi connectivity index (χ4v) is 1.99. The van der Waals surface area contributed by atoms with E-state index in [1.807, 2.05) is 11.8 Å². The molecule has 0 saturated carbocycles. The van der Waals surface area contributed by atoms with Crippen LogP contribution < -0.4 is 10.6 Å². The summed E-state index contributed by atoms with van der Waals surface area (Å²) < 4.78 is 12.0. The highest BCUT2D eigenvalue weighted by Gasteiger charge is 2.25. The number of likely N-dealkylation sites (tertiary alicyclic amines) is 1. The SMILES string of the molecule is CCC(=O)N1CCC(NC(=NC)NCCCF)C1.I. The quantitative estimate of drug-likeness (QED) is 0.323. The number of aliphatic imine (C=N–C) groups is 1. The van der Waals surface area contributed by atoms with Gasteiger partial charge in [-0.05, 0) is 12.8 Å². The van der Waals surface area contributed by atoms with E-state index >= 15 is 0 Å². The predicted octanol–water partition coefficient (Wildman–Crippen LogP) is 1.14. The number of nitrogens with one attached hydrogen (secondary N) is 2. The topological polar surface area (TPSA) is 56.7 Å². The molecule has 1 aliphatic rings. The van der Waals surface area contributed by atoms with Crippen molar-refractivity contribution in [1.29, 1.82) is 0 Å². The summed E-state index contributed by atoms with van der Waals surface area (Å²) in [4.78, 5) is 17.5. The van der Waals surface area contributed by atoms with Crippen LogP contribution in [0.25, 0.3) is 0 Å². The van der Waals surface area contributed by atoms with Crippen LogP contribution in [0.15, 0.2) is 4.99 Å². The Kier molecular flexibility index (Phi) is 9.90. The molecule has 1 atom stereocenters. The van der Waals surface area contributed by atoms with Gasteiger partial charge in [-0.1, -0.05) is 6.92 Å². The molecule has 7 heteroatoms. The molecule has 0 aromatic rings. The Morgan fingerprint density at radius 2 is 2.26 bits per heavy atom. The third kappa shape index (κ3) is 6.40. The minimum absolute atomic E-state index is 0. The Bertz CT molecular complexity index is 301. The maximum atomic E-state index is 12.0. The van der Waals surface area contributed by atoms with E-state index in [0.29, 0.717) is 25.3 Å². The molecule has 1 rings (SSSR count). The van der Waals surface area contributed by atoms with Gasteiger partial charge in [-0.25, -0.2) is 0 Å². The highest BCUT2D eigenvalue weighted by molar-refractivity contribution is 14.0. The van der Waals surface area contributed by atoms with Gasteiger partial charge >= 0.3 is 0 Å². The van der Waals surface area contributed by atoms with Crippen molar-refractivity contribution >= 4 is 35.8 Å². The van der Waals surface area contributed by atoms with Gasteiger partial charge in [0, 0.05) is 39.1 Å². The van der Waals surface area contributed by atoms with Gasteiger partial charge in [0.1, 0.15) is 0 Å². The lowest BCUT2D eigenvalue weighted by molar-refractivity contribution is -0.129. The van der Waals surface area contributed by atoms with E-state index in [2.05, 4.69) is 15.6 Å². The summed E-state index contributed by atoms with van der Waals surface area (Å²) in [7, 11) is 1.69. The molecule has 1 heterocycles. The molecule has 1 aliphatic heterocycles. The first-order valence-electron chi connectivity index (χ1n) is 6.52. The number of amides is 1.